The van der Waals surface area contributed by atoms with Gasteiger partial charge < -0.3 is 5.32 Å². The third-order valence-electron chi connectivity index (χ3n) is 3.99. The Bertz CT molecular complexity index is 849. The summed E-state index contributed by atoms with van der Waals surface area (Å²) >= 11 is 1.40. The summed E-state index contributed by atoms with van der Waals surface area (Å²) in [7, 11) is 1.91. The van der Waals surface area contributed by atoms with Gasteiger partial charge in [-0.1, -0.05) is 6.07 Å². The third-order valence-corrected chi connectivity index (χ3v) is 4.75. The van der Waals surface area contributed by atoms with Crippen LogP contribution in [0.15, 0.2) is 24.4 Å². The van der Waals surface area contributed by atoms with Crippen LogP contribution in [0.5, 0.6) is 0 Å². The monoisotopic (exact) mass is 314 g/mol. The molecule has 114 valence electrons. The fourth-order valence-corrected chi connectivity index (χ4v) is 3.53. The van der Waals surface area contributed by atoms with Crippen molar-refractivity contribution in [3.63, 3.8) is 0 Å². The highest BCUT2D eigenvalue weighted by Gasteiger charge is 2.20. The normalized spacial score (nSPS) is 12.5. The standard InChI is InChI=1S/C16H18N4OS/c1-9(15-10(2)19-20(4)11(15)3)18-16(21)12-6-5-7-14-13(12)8-17-22-14/h5-9H,1-4H3,(H,18,21). The second-order valence-electron chi connectivity index (χ2n) is 5.45. The van der Waals surface area contributed by atoms with Gasteiger partial charge in [-0.3, -0.25) is 9.48 Å². The molecule has 6 heteroatoms. The molecule has 0 saturated heterocycles. The van der Waals surface area contributed by atoms with E-state index in [1.54, 1.807) is 6.20 Å². The number of fused-ring (bicyclic) bond motifs is 1. The Morgan fingerprint density at radius 1 is 1.36 bits per heavy atom. The smallest absolute Gasteiger partial charge is 0.252 e. The number of amides is 1. The summed E-state index contributed by atoms with van der Waals surface area (Å²) in [6.45, 7) is 5.97. The van der Waals surface area contributed by atoms with E-state index in [9.17, 15) is 4.79 Å². The molecule has 0 saturated carbocycles. The van der Waals surface area contributed by atoms with Crippen molar-refractivity contribution in [2.75, 3.05) is 0 Å². The Balaban J connectivity index is 1.89. The van der Waals surface area contributed by atoms with Crippen molar-refractivity contribution in [2.24, 2.45) is 7.05 Å². The number of aromatic nitrogens is 3. The first-order valence-corrected chi connectivity index (χ1v) is 7.90. The predicted octanol–water partition coefficient (Wildman–Crippen LogP) is 3.14. The SMILES string of the molecule is Cc1nn(C)c(C)c1C(C)NC(=O)c1cccc2sncc12. The summed E-state index contributed by atoms with van der Waals surface area (Å²) in [4.78, 5) is 12.6. The number of carbonyl (C=O) groups is 1. The van der Waals surface area contributed by atoms with Crippen molar-refractivity contribution in [1.82, 2.24) is 19.5 Å². The summed E-state index contributed by atoms with van der Waals surface area (Å²) in [5.41, 5.74) is 3.76. The van der Waals surface area contributed by atoms with Crippen molar-refractivity contribution in [3.05, 3.63) is 46.9 Å². The van der Waals surface area contributed by atoms with Crippen molar-refractivity contribution in [2.45, 2.75) is 26.8 Å². The minimum absolute atomic E-state index is 0.0825. The van der Waals surface area contributed by atoms with Crippen molar-refractivity contribution < 1.29 is 4.79 Å². The average molecular weight is 314 g/mol. The van der Waals surface area contributed by atoms with Gasteiger partial charge in [0.1, 0.15) is 0 Å². The molecule has 2 aromatic heterocycles. The molecule has 0 aliphatic heterocycles. The summed E-state index contributed by atoms with van der Waals surface area (Å²) in [5, 5.41) is 8.38. The topological polar surface area (TPSA) is 59.8 Å². The summed E-state index contributed by atoms with van der Waals surface area (Å²) in [6, 6.07) is 5.61. The van der Waals surface area contributed by atoms with E-state index in [1.807, 2.05) is 50.7 Å². The lowest BCUT2D eigenvalue weighted by atomic mass is 10.1. The molecular weight excluding hydrogens is 296 g/mol. The zero-order valence-corrected chi connectivity index (χ0v) is 13.9. The van der Waals surface area contributed by atoms with Crippen LogP contribution in [0.3, 0.4) is 0 Å². The number of nitrogens with zero attached hydrogens (tertiary/aromatic N) is 3. The zero-order chi connectivity index (χ0) is 15.9. The van der Waals surface area contributed by atoms with Crippen LogP contribution >= 0.6 is 11.5 Å². The lowest BCUT2D eigenvalue weighted by Crippen LogP contribution is -2.27. The van der Waals surface area contributed by atoms with Gasteiger partial charge in [-0.05, 0) is 44.4 Å². The van der Waals surface area contributed by atoms with Gasteiger partial charge in [-0.15, -0.1) is 0 Å². The van der Waals surface area contributed by atoms with Gasteiger partial charge in [0.15, 0.2) is 0 Å². The molecule has 2 heterocycles. The number of nitrogens with one attached hydrogen (secondary N) is 1. The molecule has 0 aliphatic carbocycles. The average Bonchev–Trinajstić information content (AvgIpc) is 3.03. The molecule has 1 unspecified atom stereocenters. The van der Waals surface area contributed by atoms with E-state index in [0.717, 1.165) is 27.0 Å². The Morgan fingerprint density at radius 2 is 2.14 bits per heavy atom. The molecule has 0 radical (unpaired) electrons. The minimum atomic E-state index is -0.0944. The van der Waals surface area contributed by atoms with E-state index < -0.39 is 0 Å². The van der Waals surface area contributed by atoms with E-state index in [0.29, 0.717) is 5.56 Å². The van der Waals surface area contributed by atoms with Crippen molar-refractivity contribution in [1.29, 1.82) is 0 Å². The lowest BCUT2D eigenvalue weighted by molar-refractivity contribution is 0.0941. The largest absolute Gasteiger partial charge is 0.345 e. The molecule has 3 aromatic rings. The number of rotatable bonds is 3. The van der Waals surface area contributed by atoms with Gasteiger partial charge >= 0.3 is 0 Å². The van der Waals surface area contributed by atoms with E-state index >= 15 is 0 Å². The Hall–Kier alpha value is -2.21. The van der Waals surface area contributed by atoms with Crippen LogP contribution in [0, 0.1) is 13.8 Å². The Labute approximate surface area is 133 Å². The van der Waals surface area contributed by atoms with Gasteiger partial charge in [0, 0.05) is 35.5 Å². The first-order valence-electron chi connectivity index (χ1n) is 7.13. The van der Waals surface area contributed by atoms with Crippen LogP contribution in [0.2, 0.25) is 0 Å². The summed E-state index contributed by atoms with van der Waals surface area (Å²) < 4.78 is 7.03. The minimum Gasteiger partial charge on any atom is -0.345 e. The van der Waals surface area contributed by atoms with Gasteiger partial charge in [-0.2, -0.15) is 9.47 Å². The molecule has 0 aliphatic rings. The lowest BCUT2D eigenvalue weighted by Gasteiger charge is -2.15. The molecule has 1 N–H and O–H groups in total. The van der Waals surface area contributed by atoms with Gasteiger partial charge in [0.05, 0.1) is 16.4 Å². The second kappa shape index (κ2) is 5.53. The zero-order valence-electron chi connectivity index (χ0n) is 13.0. The number of carbonyl (C=O) groups excluding carboxylic acids is 1. The van der Waals surface area contributed by atoms with Crippen LogP contribution < -0.4 is 5.32 Å². The van der Waals surface area contributed by atoms with E-state index in [2.05, 4.69) is 14.8 Å². The maximum absolute atomic E-state index is 12.6. The highest BCUT2D eigenvalue weighted by Crippen LogP contribution is 2.24. The Kier molecular flexibility index (Phi) is 3.70. The molecule has 0 bridgehead atoms. The summed E-state index contributed by atoms with van der Waals surface area (Å²) in [6.07, 6.45) is 1.75. The predicted molar refractivity (Wildman–Crippen MR) is 88.2 cm³/mol. The molecule has 0 spiro atoms. The van der Waals surface area contributed by atoms with Crippen LogP contribution in [0.4, 0.5) is 0 Å². The fourth-order valence-electron chi connectivity index (χ4n) is 2.85. The molecule has 1 aromatic carbocycles. The molecule has 22 heavy (non-hydrogen) atoms. The number of aryl methyl sites for hydroxylation is 2. The summed E-state index contributed by atoms with van der Waals surface area (Å²) in [5.74, 6) is -0.0825. The van der Waals surface area contributed by atoms with E-state index in [4.69, 9.17) is 0 Å². The van der Waals surface area contributed by atoms with Gasteiger partial charge in [0.25, 0.3) is 5.91 Å². The number of hydrogen-bond acceptors (Lipinski definition) is 4. The molecule has 5 nitrogen and oxygen atoms in total. The highest BCUT2D eigenvalue weighted by molar-refractivity contribution is 7.13. The molecule has 0 fully saturated rings. The highest BCUT2D eigenvalue weighted by atomic mass is 32.1. The second-order valence-corrected chi connectivity index (χ2v) is 6.28. The first kappa shape index (κ1) is 14.7. The van der Waals surface area contributed by atoms with E-state index in [1.165, 1.54) is 11.5 Å². The maximum Gasteiger partial charge on any atom is 0.252 e. The van der Waals surface area contributed by atoms with Crippen molar-refractivity contribution in [3.8, 4) is 0 Å². The van der Waals surface area contributed by atoms with Crippen LogP contribution in [-0.2, 0) is 7.05 Å². The Morgan fingerprint density at radius 3 is 2.82 bits per heavy atom. The van der Waals surface area contributed by atoms with Crippen LogP contribution in [0.25, 0.3) is 10.1 Å². The molecule has 3 rings (SSSR count). The van der Waals surface area contributed by atoms with Crippen LogP contribution in [0.1, 0.15) is 40.3 Å². The fraction of sp³-hybridized carbons (Fsp3) is 0.312. The van der Waals surface area contributed by atoms with Gasteiger partial charge in [-0.25, -0.2) is 0 Å². The van der Waals surface area contributed by atoms with Crippen molar-refractivity contribution >= 4 is 27.5 Å². The molecule has 1 atom stereocenters. The first-order chi connectivity index (χ1) is 10.5. The third kappa shape index (κ3) is 2.39. The number of hydrogen-bond donors (Lipinski definition) is 1. The quantitative estimate of drug-likeness (QED) is 0.808. The number of benzene rings is 1. The van der Waals surface area contributed by atoms with Gasteiger partial charge in [0.2, 0.25) is 0 Å². The van der Waals surface area contributed by atoms with E-state index in [-0.39, 0.29) is 11.9 Å². The molecular formula is C16H18N4OS. The maximum atomic E-state index is 12.6. The van der Waals surface area contributed by atoms with Crippen LogP contribution in [-0.4, -0.2) is 20.1 Å². The molecule has 1 amide bonds.